The van der Waals surface area contributed by atoms with Crippen LogP contribution in [0.3, 0.4) is 0 Å². The first-order chi connectivity index (χ1) is 6.20. The van der Waals surface area contributed by atoms with Gasteiger partial charge in [-0.15, -0.1) is 0 Å². The Morgan fingerprint density at radius 2 is 2.46 bits per heavy atom. The molecule has 0 saturated heterocycles. The molecule has 0 bridgehead atoms. The summed E-state index contributed by atoms with van der Waals surface area (Å²) >= 11 is 0. The molecule has 1 amide bonds. The Hall–Kier alpha value is -1.82. The van der Waals surface area contributed by atoms with E-state index in [1.807, 2.05) is 13.0 Å². The van der Waals surface area contributed by atoms with Crippen molar-refractivity contribution in [2.45, 2.75) is 13.3 Å². The molecule has 1 aromatic rings. The molecule has 3 heteroatoms. The lowest BCUT2D eigenvalue weighted by Gasteiger charge is -1.93. The SMILES string of the molecule is Cc1cnccc1C#CCC(N)=O. The van der Waals surface area contributed by atoms with Crippen LogP contribution in [0.15, 0.2) is 18.5 Å². The highest BCUT2D eigenvalue weighted by atomic mass is 16.1. The number of aromatic nitrogens is 1. The van der Waals surface area contributed by atoms with Gasteiger partial charge >= 0.3 is 0 Å². The number of rotatable bonds is 1. The van der Waals surface area contributed by atoms with Crippen LogP contribution in [0.5, 0.6) is 0 Å². The summed E-state index contributed by atoms with van der Waals surface area (Å²) in [5.74, 6) is 5.14. The van der Waals surface area contributed by atoms with Crippen molar-refractivity contribution in [3.63, 3.8) is 0 Å². The maximum absolute atomic E-state index is 10.4. The summed E-state index contributed by atoms with van der Waals surface area (Å²) < 4.78 is 0. The number of pyridine rings is 1. The minimum Gasteiger partial charge on any atom is -0.369 e. The van der Waals surface area contributed by atoms with Crippen molar-refractivity contribution in [3.05, 3.63) is 29.6 Å². The number of carbonyl (C=O) groups is 1. The molecule has 0 aliphatic heterocycles. The number of amides is 1. The van der Waals surface area contributed by atoms with E-state index in [4.69, 9.17) is 5.73 Å². The highest BCUT2D eigenvalue weighted by Gasteiger charge is 1.91. The third kappa shape index (κ3) is 2.96. The lowest BCUT2D eigenvalue weighted by atomic mass is 10.1. The molecule has 3 nitrogen and oxygen atoms in total. The summed E-state index contributed by atoms with van der Waals surface area (Å²) in [4.78, 5) is 14.3. The van der Waals surface area contributed by atoms with E-state index >= 15 is 0 Å². The van der Waals surface area contributed by atoms with Crippen molar-refractivity contribution in [3.8, 4) is 11.8 Å². The maximum Gasteiger partial charge on any atom is 0.229 e. The molecule has 0 radical (unpaired) electrons. The van der Waals surface area contributed by atoms with Gasteiger partial charge in [-0.3, -0.25) is 9.78 Å². The molecule has 2 N–H and O–H groups in total. The number of nitrogens with two attached hydrogens (primary N) is 1. The summed E-state index contributed by atoms with van der Waals surface area (Å²) in [5.41, 5.74) is 6.83. The van der Waals surface area contributed by atoms with Crippen LogP contribution in [-0.4, -0.2) is 10.9 Å². The molecule has 0 unspecified atom stereocenters. The van der Waals surface area contributed by atoms with E-state index in [0.717, 1.165) is 11.1 Å². The fraction of sp³-hybridized carbons (Fsp3) is 0.200. The number of carbonyl (C=O) groups excluding carboxylic acids is 1. The van der Waals surface area contributed by atoms with Crippen LogP contribution in [0, 0.1) is 18.8 Å². The Morgan fingerprint density at radius 1 is 1.69 bits per heavy atom. The fourth-order valence-electron chi connectivity index (χ4n) is 0.840. The Kier molecular flexibility index (Phi) is 3.04. The van der Waals surface area contributed by atoms with Crippen molar-refractivity contribution in [1.29, 1.82) is 0 Å². The van der Waals surface area contributed by atoms with Crippen molar-refractivity contribution < 1.29 is 4.79 Å². The quantitative estimate of drug-likeness (QED) is 0.634. The maximum atomic E-state index is 10.4. The highest BCUT2D eigenvalue weighted by molar-refractivity contribution is 5.76. The van der Waals surface area contributed by atoms with E-state index in [-0.39, 0.29) is 6.42 Å². The number of primary amides is 1. The minimum absolute atomic E-state index is 0.0990. The smallest absolute Gasteiger partial charge is 0.229 e. The zero-order valence-corrected chi connectivity index (χ0v) is 7.37. The van der Waals surface area contributed by atoms with Gasteiger partial charge in [-0.2, -0.15) is 0 Å². The highest BCUT2D eigenvalue weighted by Crippen LogP contribution is 2.01. The molecule has 1 heterocycles. The van der Waals surface area contributed by atoms with Gasteiger partial charge in [-0.05, 0) is 18.6 Å². The van der Waals surface area contributed by atoms with Crippen LogP contribution in [0.25, 0.3) is 0 Å². The van der Waals surface area contributed by atoms with Crippen LogP contribution in [-0.2, 0) is 4.79 Å². The average molecular weight is 174 g/mol. The minimum atomic E-state index is -0.404. The van der Waals surface area contributed by atoms with Gasteiger partial charge in [0.1, 0.15) is 0 Å². The van der Waals surface area contributed by atoms with Gasteiger partial charge in [-0.1, -0.05) is 11.8 Å². The largest absolute Gasteiger partial charge is 0.369 e. The standard InChI is InChI=1S/C10H10N2O/c1-8-7-12-6-5-9(8)3-2-4-10(11)13/h5-7H,4H2,1H3,(H2,11,13). The van der Waals surface area contributed by atoms with Crippen molar-refractivity contribution in [1.82, 2.24) is 4.98 Å². The number of aryl methyl sites for hydroxylation is 1. The molecule has 1 aromatic heterocycles. The van der Waals surface area contributed by atoms with Crippen LogP contribution < -0.4 is 5.73 Å². The molecular weight excluding hydrogens is 164 g/mol. The number of hydrogen-bond donors (Lipinski definition) is 1. The van der Waals surface area contributed by atoms with E-state index < -0.39 is 5.91 Å². The Morgan fingerprint density at radius 3 is 3.08 bits per heavy atom. The predicted octanol–water partition coefficient (Wildman–Crippen LogP) is 0.617. The van der Waals surface area contributed by atoms with E-state index in [2.05, 4.69) is 16.8 Å². The first-order valence-corrected chi connectivity index (χ1v) is 3.88. The van der Waals surface area contributed by atoms with Crippen LogP contribution in [0.4, 0.5) is 0 Å². The third-order valence-electron chi connectivity index (χ3n) is 1.51. The van der Waals surface area contributed by atoms with Crippen molar-refractivity contribution >= 4 is 5.91 Å². The summed E-state index contributed by atoms with van der Waals surface area (Å²) in [6.45, 7) is 1.92. The summed E-state index contributed by atoms with van der Waals surface area (Å²) in [7, 11) is 0. The molecule has 0 saturated carbocycles. The average Bonchev–Trinajstić information content (AvgIpc) is 2.08. The topological polar surface area (TPSA) is 56.0 Å². The normalized spacial score (nSPS) is 8.69. The molecule has 0 aliphatic carbocycles. The van der Waals surface area contributed by atoms with Crippen LogP contribution in [0.1, 0.15) is 17.5 Å². The Balaban J connectivity index is 2.77. The molecule has 0 fully saturated rings. The first-order valence-electron chi connectivity index (χ1n) is 3.88. The monoisotopic (exact) mass is 174 g/mol. The van der Waals surface area contributed by atoms with Crippen molar-refractivity contribution in [2.75, 3.05) is 0 Å². The van der Waals surface area contributed by atoms with Gasteiger partial charge in [0.05, 0.1) is 6.42 Å². The predicted molar refractivity (Wildman–Crippen MR) is 49.7 cm³/mol. The summed E-state index contributed by atoms with van der Waals surface area (Å²) in [6.07, 6.45) is 3.50. The Labute approximate surface area is 77.0 Å². The second kappa shape index (κ2) is 4.27. The first kappa shape index (κ1) is 9.27. The lowest BCUT2D eigenvalue weighted by molar-refractivity contribution is -0.117. The van der Waals surface area contributed by atoms with Gasteiger partial charge in [0.15, 0.2) is 0 Å². The van der Waals surface area contributed by atoms with E-state index in [0.29, 0.717) is 0 Å². The van der Waals surface area contributed by atoms with Gasteiger partial charge in [-0.25, -0.2) is 0 Å². The van der Waals surface area contributed by atoms with Gasteiger partial charge in [0.2, 0.25) is 5.91 Å². The second-order valence-electron chi connectivity index (χ2n) is 2.64. The summed E-state index contributed by atoms with van der Waals surface area (Å²) in [5, 5.41) is 0. The zero-order valence-electron chi connectivity index (χ0n) is 7.37. The molecule has 1 rings (SSSR count). The zero-order chi connectivity index (χ0) is 9.68. The molecule has 66 valence electrons. The number of hydrogen-bond acceptors (Lipinski definition) is 2. The second-order valence-corrected chi connectivity index (χ2v) is 2.64. The van der Waals surface area contributed by atoms with E-state index in [9.17, 15) is 4.79 Å². The molecule has 0 atom stereocenters. The molecule has 13 heavy (non-hydrogen) atoms. The molecule has 0 spiro atoms. The van der Waals surface area contributed by atoms with E-state index in [1.54, 1.807) is 12.4 Å². The fourth-order valence-corrected chi connectivity index (χ4v) is 0.840. The lowest BCUT2D eigenvalue weighted by Crippen LogP contribution is -2.08. The van der Waals surface area contributed by atoms with Gasteiger partial charge in [0.25, 0.3) is 0 Å². The van der Waals surface area contributed by atoms with Crippen LogP contribution >= 0.6 is 0 Å². The van der Waals surface area contributed by atoms with Gasteiger partial charge in [0, 0.05) is 18.0 Å². The third-order valence-corrected chi connectivity index (χ3v) is 1.51. The summed E-state index contributed by atoms with van der Waals surface area (Å²) in [6, 6.07) is 1.81. The Bertz CT molecular complexity index is 374. The molecule has 0 aromatic carbocycles. The van der Waals surface area contributed by atoms with E-state index in [1.165, 1.54) is 0 Å². The van der Waals surface area contributed by atoms with Gasteiger partial charge < -0.3 is 5.73 Å². The number of nitrogens with zero attached hydrogens (tertiary/aromatic N) is 1. The van der Waals surface area contributed by atoms with Crippen molar-refractivity contribution in [2.24, 2.45) is 5.73 Å². The molecule has 0 aliphatic rings. The van der Waals surface area contributed by atoms with Crippen LogP contribution in [0.2, 0.25) is 0 Å². The molecular formula is C10H10N2O.